The van der Waals surface area contributed by atoms with Crippen molar-refractivity contribution in [1.29, 1.82) is 0 Å². The Hall–Kier alpha value is -2.83. The average molecular weight is 416 g/mol. The third kappa shape index (κ3) is 4.03. The maximum absolute atomic E-state index is 12.2. The van der Waals surface area contributed by atoms with Crippen molar-refractivity contribution in [2.75, 3.05) is 5.32 Å². The number of hydrogen-bond acceptors (Lipinski definition) is 5. The summed E-state index contributed by atoms with van der Waals surface area (Å²) < 4.78 is 11.1. The number of aromatic nitrogens is 2. The third-order valence-electron chi connectivity index (χ3n) is 4.09. The number of carbonyl (C=O) groups excluding carboxylic acids is 1. The van der Waals surface area contributed by atoms with Crippen LogP contribution in [0.5, 0.6) is 0 Å². The maximum atomic E-state index is 12.2. The second-order valence-corrected chi connectivity index (χ2v) is 7.05. The molecule has 4 aromatic rings. The number of nitrogens with zero attached hydrogens (tertiary/aromatic N) is 2. The lowest BCUT2D eigenvalue weighted by atomic mass is 10.2. The van der Waals surface area contributed by atoms with Crippen molar-refractivity contribution in [2.45, 2.75) is 19.8 Å². The molecule has 1 amide bonds. The molecule has 0 fully saturated rings. The topological polar surface area (TPSA) is 81.2 Å². The van der Waals surface area contributed by atoms with E-state index in [1.807, 2.05) is 0 Å². The molecule has 0 spiro atoms. The van der Waals surface area contributed by atoms with E-state index in [1.165, 1.54) is 0 Å². The number of carbonyl (C=O) groups is 1. The van der Waals surface area contributed by atoms with Gasteiger partial charge in [0.2, 0.25) is 5.91 Å². The number of fused-ring (bicyclic) bond motifs is 1. The Morgan fingerprint density at radius 3 is 2.82 bits per heavy atom. The normalized spacial score (nSPS) is 11.1. The number of oxazole rings is 2. The van der Waals surface area contributed by atoms with Crippen molar-refractivity contribution in [2.24, 2.45) is 0 Å². The third-order valence-corrected chi connectivity index (χ3v) is 4.64. The van der Waals surface area contributed by atoms with Crippen LogP contribution >= 0.6 is 23.2 Å². The molecule has 1 N–H and O–H groups in total. The molecule has 4 rings (SSSR count). The van der Waals surface area contributed by atoms with Gasteiger partial charge < -0.3 is 14.2 Å². The van der Waals surface area contributed by atoms with E-state index >= 15 is 0 Å². The van der Waals surface area contributed by atoms with E-state index in [1.54, 1.807) is 49.5 Å². The molecule has 0 saturated heterocycles. The predicted molar refractivity (Wildman–Crippen MR) is 108 cm³/mol. The molecule has 0 saturated carbocycles. The van der Waals surface area contributed by atoms with Gasteiger partial charge in [-0.3, -0.25) is 4.79 Å². The van der Waals surface area contributed by atoms with Gasteiger partial charge in [0.25, 0.3) is 0 Å². The fourth-order valence-corrected chi connectivity index (χ4v) is 3.31. The highest BCUT2D eigenvalue weighted by atomic mass is 35.5. The molecule has 0 aliphatic carbocycles. The summed E-state index contributed by atoms with van der Waals surface area (Å²) in [5, 5.41) is 3.87. The molecule has 0 radical (unpaired) electrons. The second kappa shape index (κ2) is 7.66. The van der Waals surface area contributed by atoms with E-state index in [-0.39, 0.29) is 12.3 Å². The summed E-state index contributed by atoms with van der Waals surface area (Å²) in [6.45, 7) is 1.78. The fourth-order valence-electron chi connectivity index (χ4n) is 2.80. The Morgan fingerprint density at radius 2 is 2.00 bits per heavy atom. The molecular weight excluding hydrogens is 401 g/mol. The minimum atomic E-state index is -0.149. The Bertz CT molecular complexity index is 1170. The zero-order chi connectivity index (χ0) is 19.7. The molecule has 6 nitrogen and oxygen atoms in total. The van der Waals surface area contributed by atoms with Crippen LogP contribution in [0.25, 0.3) is 22.4 Å². The van der Waals surface area contributed by atoms with Crippen molar-refractivity contribution in [1.82, 2.24) is 9.97 Å². The number of aryl methyl sites for hydroxylation is 2. The van der Waals surface area contributed by atoms with Crippen LogP contribution < -0.4 is 5.32 Å². The molecular formula is C20H15Cl2N3O3. The summed E-state index contributed by atoms with van der Waals surface area (Å²) in [5.41, 5.74) is 2.74. The summed E-state index contributed by atoms with van der Waals surface area (Å²) in [7, 11) is 0. The van der Waals surface area contributed by atoms with Crippen LogP contribution in [0.4, 0.5) is 5.69 Å². The van der Waals surface area contributed by atoms with Gasteiger partial charge in [0, 0.05) is 36.0 Å². The number of rotatable bonds is 5. The lowest BCUT2D eigenvalue weighted by Gasteiger charge is -2.04. The molecule has 2 aromatic heterocycles. The zero-order valence-electron chi connectivity index (χ0n) is 14.8. The molecule has 0 aliphatic heterocycles. The molecule has 0 aliphatic rings. The van der Waals surface area contributed by atoms with Crippen molar-refractivity contribution in [3.8, 4) is 11.3 Å². The van der Waals surface area contributed by atoms with Crippen LogP contribution in [0.3, 0.4) is 0 Å². The summed E-state index contributed by atoms with van der Waals surface area (Å²) in [6.07, 6.45) is 2.18. The Morgan fingerprint density at radius 1 is 1.14 bits per heavy atom. The largest absolute Gasteiger partial charge is 0.441 e. The van der Waals surface area contributed by atoms with E-state index in [2.05, 4.69) is 15.3 Å². The number of anilines is 1. The highest BCUT2D eigenvalue weighted by Gasteiger charge is 2.12. The number of hydrogen-bond donors (Lipinski definition) is 1. The van der Waals surface area contributed by atoms with Gasteiger partial charge >= 0.3 is 0 Å². The minimum Gasteiger partial charge on any atom is -0.441 e. The van der Waals surface area contributed by atoms with Gasteiger partial charge in [0.15, 0.2) is 23.1 Å². The summed E-state index contributed by atoms with van der Waals surface area (Å²) in [5.74, 6) is 1.42. The highest BCUT2D eigenvalue weighted by molar-refractivity contribution is 6.36. The van der Waals surface area contributed by atoms with E-state index < -0.39 is 0 Å². The minimum absolute atomic E-state index is 0.149. The van der Waals surface area contributed by atoms with Gasteiger partial charge in [0.1, 0.15) is 5.52 Å². The summed E-state index contributed by atoms with van der Waals surface area (Å²) in [4.78, 5) is 20.7. The van der Waals surface area contributed by atoms with Gasteiger partial charge in [-0.1, -0.05) is 23.2 Å². The van der Waals surface area contributed by atoms with Crippen LogP contribution in [0, 0.1) is 6.92 Å². The zero-order valence-corrected chi connectivity index (χ0v) is 16.3. The smallest absolute Gasteiger partial charge is 0.224 e. The SMILES string of the molecule is Cc1nc2cc(NC(=O)CCc3ncc(-c4ccc(Cl)cc4Cl)o3)ccc2o1. The number of nitrogens with one attached hydrogen (secondary N) is 1. The Kier molecular flexibility index (Phi) is 5.07. The van der Waals surface area contributed by atoms with E-state index in [9.17, 15) is 4.79 Å². The van der Waals surface area contributed by atoms with Crippen LogP contribution in [-0.4, -0.2) is 15.9 Å². The Balaban J connectivity index is 1.38. The maximum Gasteiger partial charge on any atom is 0.224 e. The first-order valence-electron chi connectivity index (χ1n) is 8.55. The standard InChI is InChI=1S/C20H15Cl2N3O3/c1-11-24-16-9-13(3-5-17(16)27-11)25-19(26)6-7-20-23-10-18(28-20)14-4-2-12(21)8-15(14)22/h2-5,8-10H,6-7H2,1H3,(H,25,26). The summed E-state index contributed by atoms with van der Waals surface area (Å²) >= 11 is 12.1. The summed E-state index contributed by atoms with van der Waals surface area (Å²) in [6, 6.07) is 10.5. The van der Waals surface area contributed by atoms with Crippen LogP contribution in [-0.2, 0) is 11.2 Å². The molecule has 2 heterocycles. The lowest BCUT2D eigenvalue weighted by Crippen LogP contribution is -2.12. The molecule has 0 bridgehead atoms. The van der Waals surface area contributed by atoms with E-state index in [4.69, 9.17) is 32.0 Å². The second-order valence-electron chi connectivity index (χ2n) is 6.21. The average Bonchev–Trinajstić information content (AvgIpc) is 3.25. The quantitative estimate of drug-likeness (QED) is 0.453. The number of amides is 1. The molecule has 28 heavy (non-hydrogen) atoms. The first kappa shape index (κ1) is 18.5. The predicted octanol–water partition coefficient (Wildman–Crippen LogP) is 5.67. The van der Waals surface area contributed by atoms with Gasteiger partial charge in [0.05, 0.1) is 11.2 Å². The van der Waals surface area contributed by atoms with Crippen LogP contribution in [0.15, 0.2) is 51.4 Å². The van der Waals surface area contributed by atoms with Gasteiger partial charge in [-0.2, -0.15) is 0 Å². The van der Waals surface area contributed by atoms with Gasteiger partial charge in [-0.25, -0.2) is 9.97 Å². The molecule has 8 heteroatoms. The lowest BCUT2D eigenvalue weighted by molar-refractivity contribution is -0.116. The van der Waals surface area contributed by atoms with E-state index in [0.29, 0.717) is 56.4 Å². The number of halogens is 2. The van der Waals surface area contributed by atoms with Crippen LogP contribution in [0.2, 0.25) is 10.0 Å². The monoisotopic (exact) mass is 415 g/mol. The first-order chi connectivity index (χ1) is 13.5. The van der Waals surface area contributed by atoms with Gasteiger partial charge in [-0.05, 0) is 36.4 Å². The highest BCUT2D eigenvalue weighted by Crippen LogP contribution is 2.31. The van der Waals surface area contributed by atoms with Crippen molar-refractivity contribution in [3.05, 3.63) is 64.4 Å². The first-order valence-corrected chi connectivity index (χ1v) is 9.31. The fraction of sp³-hybridized carbons (Fsp3) is 0.150. The Labute approximate surface area is 170 Å². The number of benzene rings is 2. The van der Waals surface area contributed by atoms with E-state index in [0.717, 1.165) is 0 Å². The molecule has 0 unspecified atom stereocenters. The van der Waals surface area contributed by atoms with Gasteiger partial charge in [-0.15, -0.1) is 0 Å². The van der Waals surface area contributed by atoms with Crippen molar-refractivity contribution < 1.29 is 13.6 Å². The van der Waals surface area contributed by atoms with Crippen LogP contribution in [0.1, 0.15) is 18.2 Å². The van der Waals surface area contributed by atoms with Crippen molar-refractivity contribution in [3.63, 3.8) is 0 Å². The molecule has 2 aromatic carbocycles. The molecule has 142 valence electrons. The van der Waals surface area contributed by atoms with Crippen molar-refractivity contribution >= 4 is 45.9 Å². The molecule has 0 atom stereocenters.